The van der Waals surface area contributed by atoms with E-state index in [0.717, 1.165) is 0 Å². The molecule has 0 aliphatic carbocycles. The van der Waals surface area contributed by atoms with Crippen molar-refractivity contribution < 1.29 is 26.7 Å². The van der Waals surface area contributed by atoms with Gasteiger partial charge in [0.25, 0.3) is 0 Å². The van der Waals surface area contributed by atoms with Gasteiger partial charge in [-0.2, -0.15) is 27.1 Å². The number of carbonyl (C=O) groups excluding carboxylic acids is 1. The van der Waals surface area contributed by atoms with E-state index in [0.29, 0.717) is 23.4 Å². The number of aromatic nitrogens is 2. The monoisotopic (exact) mass is 297 g/mol. The largest absolute Gasteiger partial charge is 0.463 e. The summed E-state index contributed by atoms with van der Waals surface area (Å²) in [4.78, 5) is 12.0. The van der Waals surface area contributed by atoms with Gasteiger partial charge in [0.1, 0.15) is 0 Å². The first kappa shape index (κ1) is 14.7. The maximum atomic E-state index is 13.0. The fourth-order valence-electron chi connectivity index (χ4n) is 2.23. The summed E-state index contributed by atoms with van der Waals surface area (Å²) in [5, 5.41) is 6.34. The zero-order valence-electron chi connectivity index (χ0n) is 10.3. The van der Waals surface area contributed by atoms with Crippen LogP contribution in [-0.4, -0.2) is 46.2 Å². The highest BCUT2D eigenvalue weighted by Crippen LogP contribution is 2.38. The highest BCUT2D eigenvalue weighted by Gasteiger charge is 2.64. The van der Waals surface area contributed by atoms with Gasteiger partial charge in [0.15, 0.2) is 0 Å². The molecule has 1 aromatic rings. The van der Waals surface area contributed by atoms with Crippen molar-refractivity contribution in [2.24, 2.45) is 0 Å². The lowest BCUT2D eigenvalue weighted by atomic mass is 9.94. The number of hydrogen-bond donors (Lipinski definition) is 1. The second-order valence-electron chi connectivity index (χ2n) is 4.67. The van der Waals surface area contributed by atoms with Gasteiger partial charge in [0.2, 0.25) is 0 Å². The summed E-state index contributed by atoms with van der Waals surface area (Å²) in [7, 11) is 0. The molecular formula is C11H12F5N3O. The first-order valence-electron chi connectivity index (χ1n) is 5.96. The number of nitrogens with one attached hydrogen (secondary N) is 1. The fourth-order valence-corrected chi connectivity index (χ4v) is 2.23. The van der Waals surface area contributed by atoms with Crippen molar-refractivity contribution in [3.63, 3.8) is 0 Å². The van der Waals surface area contributed by atoms with Crippen molar-refractivity contribution in [3.05, 3.63) is 18.0 Å². The molecule has 0 aromatic carbocycles. The van der Waals surface area contributed by atoms with Gasteiger partial charge in [-0.3, -0.25) is 9.89 Å². The number of alkyl halides is 5. The Bertz CT molecular complexity index is 471. The predicted octanol–water partition coefficient (Wildman–Crippen LogP) is 2.31. The maximum Gasteiger partial charge on any atom is 0.463 e. The minimum absolute atomic E-state index is 0.102. The van der Waals surface area contributed by atoms with E-state index in [1.165, 1.54) is 6.20 Å². The van der Waals surface area contributed by atoms with E-state index in [-0.39, 0.29) is 19.0 Å². The molecule has 20 heavy (non-hydrogen) atoms. The average molecular weight is 297 g/mol. The van der Waals surface area contributed by atoms with Crippen LogP contribution in [0.3, 0.4) is 0 Å². The summed E-state index contributed by atoms with van der Waals surface area (Å²) in [5.74, 6) is -7.84. The molecule has 112 valence electrons. The molecule has 0 bridgehead atoms. The molecule has 1 amide bonds. The van der Waals surface area contributed by atoms with Gasteiger partial charge in [-0.15, -0.1) is 0 Å². The average Bonchev–Trinajstić information content (AvgIpc) is 2.90. The highest BCUT2D eigenvalue weighted by molar-refractivity contribution is 5.84. The number of H-pyrrole nitrogens is 1. The van der Waals surface area contributed by atoms with Gasteiger partial charge in [-0.25, -0.2) is 0 Å². The van der Waals surface area contributed by atoms with Crippen LogP contribution >= 0.6 is 0 Å². The number of nitrogens with zero attached hydrogens (tertiary/aromatic N) is 2. The van der Waals surface area contributed by atoms with Crippen LogP contribution in [0, 0.1) is 0 Å². The highest BCUT2D eigenvalue weighted by atomic mass is 19.4. The Kier molecular flexibility index (Phi) is 3.70. The van der Waals surface area contributed by atoms with Gasteiger partial charge in [-0.1, -0.05) is 0 Å². The number of amides is 1. The van der Waals surface area contributed by atoms with Gasteiger partial charge in [0.05, 0.1) is 0 Å². The van der Waals surface area contributed by atoms with Crippen molar-refractivity contribution in [2.45, 2.75) is 30.9 Å². The van der Waals surface area contributed by atoms with Crippen LogP contribution < -0.4 is 0 Å². The summed E-state index contributed by atoms with van der Waals surface area (Å²) in [6, 6.07) is 1.61. The van der Waals surface area contributed by atoms with E-state index in [4.69, 9.17) is 0 Å². The van der Waals surface area contributed by atoms with Gasteiger partial charge >= 0.3 is 18.0 Å². The first-order chi connectivity index (χ1) is 9.23. The molecule has 1 atom stereocenters. The van der Waals surface area contributed by atoms with Crippen LogP contribution in [0.15, 0.2) is 12.3 Å². The Hall–Kier alpha value is -1.67. The maximum absolute atomic E-state index is 13.0. The van der Waals surface area contributed by atoms with Crippen LogP contribution in [0.1, 0.15) is 24.5 Å². The number of rotatable bonds is 2. The summed E-state index contributed by atoms with van der Waals surface area (Å²) in [6.45, 7) is -0.276. The summed E-state index contributed by atoms with van der Waals surface area (Å²) < 4.78 is 62.7. The van der Waals surface area contributed by atoms with E-state index in [9.17, 15) is 26.7 Å². The van der Waals surface area contributed by atoms with E-state index < -0.39 is 18.0 Å². The second kappa shape index (κ2) is 5.02. The third kappa shape index (κ3) is 2.61. The molecular weight excluding hydrogens is 285 g/mol. The molecule has 0 spiro atoms. The third-order valence-corrected chi connectivity index (χ3v) is 3.30. The van der Waals surface area contributed by atoms with E-state index in [1.54, 1.807) is 6.07 Å². The van der Waals surface area contributed by atoms with Gasteiger partial charge in [-0.05, 0) is 18.9 Å². The van der Waals surface area contributed by atoms with Crippen LogP contribution in [0.2, 0.25) is 0 Å². The molecule has 4 nitrogen and oxygen atoms in total. The molecule has 0 saturated carbocycles. The van der Waals surface area contributed by atoms with Crippen LogP contribution in [0.4, 0.5) is 22.0 Å². The molecule has 1 saturated heterocycles. The molecule has 2 heterocycles. The molecule has 1 fully saturated rings. The number of likely N-dealkylation sites (tertiary alicyclic amines) is 1. The molecule has 9 heteroatoms. The Morgan fingerprint density at radius 1 is 1.35 bits per heavy atom. The molecule has 1 aliphatic heterocycles. The summed E-state index contributed by atoms with van der Waals surface area (Å²) >= 11 is 0. The lowest BCUT2D eigenvalue weighted by molar-refractivity contribution is -0.274. The van der Waals surface area contributed by atoms with E-state index in [1.807, 2.05) is 0 Å². The van der Waals surface area contributed by atoms with Gasteiger partial charge < -0.3 is 4.90 Å². The first-order valence-corrected chi connectivity index (χ1v) is 5.96. The molecule has 1 aliphatic rings. The standard InChI is InChI=1S/C11H12F5N3O/c12-10(13,11(14,15)16)9(20)19-5-1-2-7(6-19)8-3-4-17-18-8/h3-4,7H,1-2,5-6H2,(H,17,18). The van der Waals surface area contributed by atoms with Crippen molar-refractivity contribution >= 4 is 5.91 Å². The lowest BCUT2D eigenvalue weighted by Gasteiger charge is -2.34. The lowest BCUT2D eigenvalue weighted by Crippen LogP contribution is -2.54. The van der Waals surface area contributed by atoms with Crippen LogP contribution in [0.25, 0.3) is 0 Å². The number of piperidine rings is 1. The molecule has 0 radical (unpaired) electrons. The topological polar surface area (TPSA) is 49.0 Å². The Labute approximate surface area is 110 Å². The number of aromatic amines is 1. The fraction of sp³-hybridized carbons (Fsp3) is 0.636. The van der Waals surface area contributed by atoms with Crippen molar-refractivity contribution in [2.75, 3.05) is 13.1 Å². The van der Waals surface area contributed by atoms with Crippen molar-refractivity contribution in [1.82, 2.24) is 15.1 Å². The molecule has 1 unspecified atom stereocenters. The Balaban J connectivity index is 2.11. The molecule has 1 aromatic heterocycles. The normalized spacial score (nSPS) is 21.1. The zero-order chi connectivity index (χ0) is 15.0. The van der Waals surface area contributed by atoms with Gasteiger partial charge in [0, 0.05) is 30.9 Å². The SMILES string of the molecule is O=C(N1CCCC(c2ccn[nH]2)C1)C(F)(F)C(F)(F)F. The zero-order valence-corrected chi connectivity index (χ0v) is 10.3. The minimum atomic E-state index is -5.87. The molecule has 2 rings (SSSR count). The smallest absolute Gasteiger partial charge is 0.336 e. The van der Waals surface area contributed by atoms with E-state index in [2.05, 4.69) is 10.2 Å². The predicted molar refractivity (Wildman–Crippen MR) is 58.1 cm³/mol. The number of carbonyl (C=O) groups is 1. The summed E-state index contributed by atoms with van der Waals surface area (Å²) in [6.07, 6.45) is -3.45. The quantitative estimate of drug-likeness (QED) is 0.852. The Morgan fingerprint density at radius 3 is 2.60 bits per heavy atom. The van der Waals surface area contributed by atoms with Crippen molar-refractivity contribution in [3.8, 4) is 0 Å². The summed E-state index contributed by atoms with van der Waals surface area (Å²) in [5.41, 5.74) is 0.623. The second-order valence-corrected chi connectivity index (χ2v) is 4.67. The number of halogens is 5. The number of hydrogen-bond acceptors (Lipinski definition) is 2. The van der Waals surface area contributed by atoms with Crippen LogP contribution in [-0.2, 0) is 4.79 Å². The van der Waals surface area contributed by atoms with E-state index >= 15 is 0 Å². The minimum Gasteiger partial charge on any atom is -0.336 e. The molecule has 1 N–H and O–H groups in total. The Morgan fingerprint density at radius 2 is 2.05 bits per heavy atom. The third-order valence-electron chi connectivity index (χ3n) is 3.30. The van der Waals surface area contributed by atoms with Crippen LogP contribution in [0.5, 0.6) is 0 Å². The van der Waals surface area contributed by atoms with Crippen molar-refractivity contribution in [1.29, 1.82) is 0 Å².